The van der Waals surface area contributed by atoms with E-state index in [4.69, 9.17) is 9.47 Å². The second-order valence-corrected chi connectivity index (χ2v) is 6.39. The molecule has 2 aromatic rings. The highest BCUT2D eigenvalue weighted by atomic mass is 32.1. The van der Waals surface area contributed by atoms with Crippen LogP contribution < -0.4 is 9.47 Å². The number of hydrogen-bond donors (Lipinski definition) is 0. The van der Waals surface area contributed by atoms with Crippen LogP contribution in [0.1, 0.15) is 39.8 Å². The van der Waals surface area contributed by atoms with Crippen LogP contribution in [-0.2, 0) is 0 Å². The summed E-state index contributed by atoms with van der Waals surface area (Å²) in [4.78, 5) is 19.7. The number of aryl methyl sites for hydroxylation is 1. The Balaban J connectivity index is 1.90. The van der Waals surface area contributed by atoms with Crippen molar-refractivity contribution in [2.75, 3.05) is 20.8 Å². The first-order chi connectivity index (χ1) is 11.2. The lowest BCUT2D eigenvalue weighted by atomic mass is 10.0. The van der Waals surface area contributed by atoms with Gasteiger partial charge in [-0.2, -0.15) is 0 Å². The zero-order valence-corrected chi connectivity index (χ0v) is 14.4. The highest BCUT2D eigenvalue weighted by molar-refractivity contribution is 7.11. The van der Waals surface area contributed by atoms with Gasteiger partial charge in [-0.15, -0.1) is 11.3 Å². The molecule has 3 rings (SSSR count). The van der Waals surface area contributed by atoms with E-state index in [1.165, 1.54) is 11.3 Å². The maximum Gasteiger partial charge on any atom is 0.266 e. The monoisotopic (exact) mass is 332 g/mol. The number of amides is 1. The third kappa shape index (κ3) is 2.91. The summed E-state index contributed by atoms with van der Waals surface area (Å²) in [6.45, 7) is 2.65. The molecule has 0 unspecified atom stereocenters. The first kappa shape index (κ1) is 15.8. The standard InChI is InChI=1S/C17H20N2O3S/c1-11-16(23-10-18-11)17(20)19-8-4-5-13(19)12-6-7-14(21-2)15(9-12)22-3/h6-7,9-10,13H,4-5,8H2,1-3H3/t13-/m1/s1. The van der Waals surface area contributed by atoms with Crippen LogP contribution in [0, 0.1) is 6.92 Å². The summed E-state index contributed by atoms with van der Waals surface area (Å²) in [5, 5.41) is 0. The Morgan fingerprint density at radius 1 is 1.30 bits per heavy atom. The molecule has 0 bridgehead atoms. The maximum atomic E-state index is 12.8. The predicted molar refractivity (Wildman–Crippen MR) is 89.4 cm³/mol. The third-order valence-electron chi connectivity index (χ3n) is 4.25. The lowest BCUT2D eigenvalue weighted by Gasteiger charge is -2.25. The first-order valence-corrected chi connectivity index (χ1v) is 8.46. The van der Waals surface area contributed by atoms with Gasteiger partial charge in [-0.3, -0.25) is 4.79 Å². The van der Waals surface area contributed by atoms with Crippen LogP contribution in [0.4, 0.5) is 0 Å². The summed E-state index contributed by atoms with van der Waals surface area (Å²) >= 11 is 1.41. The number of methoxy groups -OCH3 is 2. The molecule has 1 aromatic carbocycles. The molecule has 0 N–H and O–H groups in total. The molecule has 0 spiro atoms. The summed E-state index contributed by atoms with van der Waals surface area (Å²) < 4.78 is 10.7. The van der Waals surface area contributed by atoms with Crippen LogP contribution in [0.3, 0.4) is 0 Å². The fraction of sp³-hybridized carbons (Fsp3) is 0.412. The summed E-state index contributed by atoms with van der Waals surface area (Å²) in [6.07, 6.45) is 1.96. The molecule has 1 aliphatic rings. The molecule has 1 saturated heterocycles. The molecule has 1 aromatic heterocycles. The molecule has 0 saturated carbocycles. The molecular weight excluding hydrogens is 312 g/mol. The lowest BCUT2D eigenvalue weighted by molar-refractivity contribution is 0.0739. The Hall–Kier alpha value is -2.08. The Morgan fingerprint density at radius 2 is 2.09 bits per heavy atom. The largest absolute Gasteiger partial charge is 0.493 e. The van der Waals surface area contributed by atoms with Crippen LogP contribution in [0.2, 0.25) is 0 Å². The molecule has 122 valence electrons. The van der Waals surface area contributed by atoms with E-state index >= 15 is 0 Å². The van der Waals surface area contributed by atoms with E-state index in [2.05, 4.69) is 4.98 Å². The number of nitrogens with zero attached hydrogens (tertiary/aromatic N) is 2. The number of carbonyl (C=O) groups is 1. The Bertz CT molecular complexity index is 714. The van der Waals surface area contributed by atoms with Gasteiger partial charge in [-0.25, -0.2) is 4.98 Å². The second-order valence-electron chi connectivity index (χ2n) is 5.54. The number of likely N-dealkylation sites (tertiary alicyclic amines) is 1. The first-order valence-electron chi connectivity index (χ1n) is 7.58. The zero-order valence-electron chi connectivity index (χ0n) is 13.5. The molecule has 1 atom stereocenters. The van der Waals surface area contributed by atoms with Crippen LogP contribution in [0.15, 0.2) is 23.7 Å². The Labute approximate surface area is 139 Å². The van der Waals surface area contributed by atoms with Crippen molar-refractivity contribution in [3.8, 4) is 11.5 Å². The minimum atomic E-state index is 0.0716. The minimum Gasteiger partial charge on any atom is -0.493 e. The summed E-state index contributed by atoms with van der Waals surface area (Å²) in [6, 6.07) is 5.95. The summed E-state index contributed by atoms with van der Waals surface area (Å²) in [7, 11) is 3.25. The van der Waals surface area contributed by atoms with Crippen molar-refractivity contribution in [2.45, 2.75) is 25.8 Å². The number of carbonyl (C=O) groups excluding carboxylic acids is 1. The van der Waals surface area contributed by atoms with Crippen molar-refractivity contribution in [3.05, 3.63) is 39.8 Å². The lowest BCUT2D eigenvalue weighted by Crippen LogP contribution is -2.30. The van der Waals surface area contributed by atoms with Gasteiger partial charge < -0.3 is 14.4 Å². The van der Waals surface area contributed by atoms with Crippen LogP contribution in [-0.4, -0.2) is 36.6 Å². The van der Waals surface area contributed by atoms with E-state index in [0.29, 0.717) is 11.5 Å². The highest BCUT2D eigenvalue weighted by Gasteiger charge is 2.32. The predicted octanol–water partition coefficient (Wildman–Crippen LogP) is 3.45. The number of ether oxygens (including phenoxy) is 2. The topological polar surface area (TPSA) is 51.7 Å². The van der Waals surface area contributed by atoms with Crippen molar-refractivity contribution in [3.63, 3.8) is 0 Å². The van der Waals surface area contributed by atoms with E-state index in [1.807, 2.05) is 30.0 Å². The molecule has 23 heavy (non-hydrogen) atoms. The molecule has 1 amide bonds. The highest BCUT2D eigenvalue weighted by Crippen LogP contribution is 2.38. The number of aromatic nitrogens is 1. The van der Waals surface area contributed by atoms with Gasteiger partial charge in [0, 0.05) is 6.54 Å². The van der Waals surface area contributed by atoms with E-state index in [0.717, 1.165) is 35.5 Å². The normalized spacial score (nSPS) is 17.3. The smallest absolute Gasteiger partial charge is 0.266 e. The van der Waals surface area contributed by atoms with Gasteiger partial charge in [-0.05, 0) is 37.5 Å². The summed E-state index contributed by atoms with van der Waals surface area (Å²) in [5.41, 5.74) is 3.61. The van der Waals surface area contributed by atoms with E-state index in [1.54, 1.807) is 19.7 Å². The van der Waals surface area contributed by atoms with Crippen LogP contribution in [0.5, 0.6) is 11.5 Å². The van der Waals surface area contributed by atoms with E-state index in [9.17, 15) is 4.79 Å². The van der Waals surface area contributed by atoms with Crippen LogP contribution >= 0.6 is 11.3 Å². The van der Waals surface area contributed by atoms with Crippen molar-refractivity contribution in [2.24, 2.45) is 0 Å². The van der Waals surface area contributed by atoms with Crippen molar-refractivity contribution in [1.29, 1.82) is 0 Å². The van der Waals surface area contributed by atoms with Gasteiger partial charge in [0.15, 0.2) is 11.5 Å². The average molecular weight is 332 g/mol. The van der Waals surface area contributed by atoms with E-state index < -0.39 is 0 Å². The van der Waals surface area contributed by atoms with Gasteiger partial charge >= 0.3 is 0 Å². The maximum absolute atomic E-state index is 12.8. The third-order valence-corrected chi connectivity index (χ3v) is 5.16. The fourth-order valence-electron chi connectivity index (χ4n) is 3.05. The molecular formula is C17H20N2O3S. The van der Waals surface area contributed by atoms with Gasteiger partial charge in [0.05, 0.1) is 31.5 Å². The van der Waals surface area contributed by atoms with Crippen molar-refractivity contribution < 1.29 is 14.3 Å². The van der Waals surface area contributed by atoms with Gasteiger partial charge in [-0.1, -0.05) is 6.07 Å². The zero-order chi connectivity index (χ0) is 16.4. The molecule has 2 heterocycles. The van der Waals surface area contributed by atoms with Gasteiger partial charge in [0.25, 0.3) is 5.91 Å². The molecule has 5 nitrogen and oxygen atoms in total. The minimum absolute atomic E-state index is 0.0716. The summed E-state index contributed by atoms with van der Waals surface area (Å²) in [5.74, 6) is 1.46. The Kier molecular flexibility index (Phi) is 4.52. The number of benzene rings is 1. The average Bonchev–Trinajstić information content (AvgIpc) is 3.22. The molecule has 0 radical (unpaired) electrons. The molecule has 1 aliphatic heterocycles. The second kappa shape index (κ2) is 6.58. The quantitative estimate of drug-likeness (QED) is 0.860. The van der Waals surface area contributed by atoms with Crippen LogP contribution in [0.25, 0.3) is 0 Å². The van der Waals surface area contributed by atoms with Gasteiger partial charge in [0.1, 0.15) is 4.88 Å². The number of hydrogen-bond acceptors (Lipinski definition) is 5. The van der Waals surface area contributed by atoms with E-state index in [-0.39, 0.29) is 11.9 Å². The van der Waals surface area contributed by atoms with Gasteiger partial charge in [0.2, 0.25) is 0 Å². The molecule has 1 fully saturated rings. The van der Waals surface area contributed by atoms with Crippen molar-refractivity contribution >= 4 is 17.2 Å². The SMILES string of the molecule is COc1ccc([C@H]2CCCN2C(=O)c2scnc2C)cc1OC. The van der Waals surface area contributed by atoms with Crippen molar-refractivity contribution in [1.82, 2.24) is 9.88 Å². The molecule has 0 aliphatic carbocycles. The fourth-order valence-corrected chi connectivity index (χ4v) is 3.81. The number of thiazole rings is 1. The molecule has 6 heteroatoms. The Morgan fingerprint density at radius 3 is 2.74 bits per heavy atom. The number of rotatable bonds is 4.